The van der Waals surface area contributed by atoms with Gasteiger partial charge in [0.1, 0.15) is 5.75 Å². The summed E-state index contributed by atoms with van der Waals surface area (Å²) in [5.41, 5.74) is 2.36. The van der Waals surface area contributed by atoms with Crippen molar-refractivity contribution in [2.75, 3.05) is 6.61 Å². The zero-order valence-corrected chi connectivity index (χ0v) is 12.3. The molecular weight excluding hydrogens is 256 g/mol. The molecule has 0 fully saturated rings. The third-order valence-corrected chi connectivity index (χ3v) is 3.79. The number of rotatable bonds is 7. The van der Waals surface area contributed by atoms with Gasteiger partial charge in [-0.25, -0.2) is 4.98 Å². The second-order valence-electron chi connectivity index (χ2n) is 4.27. The van der Waals surface area contributed by atoms with E-state index in [9.17, 15) is 0 Å². The van der Waals surface area contributed by atoms with Gasteiger partial charge in [-0.05, 0) is 31.0 Å². The Balaban J connectivity index is 1.83. The van der Waals surface area contributed by atoms with E-state index in [-0.39, 0.29) is 0 Å². The van der Waals surface area contributed by atoms with Crippen LogP contribution in [0.15, 0.2) is 29.6 Å². The number of hydrogen-bond acceptors (Lipinski definition) is 4. The van der Waals surface area contributed by atoms with Crippen LogP contribution < -0.4 is 10.1 Å². The first-order valence-corrected chi connectivity index (χ1v) is 7.55. The fourth-order valence-corrected chi connectivity index (χ4v) is 2.58. The number of aryl methyl sites for hydroxylation is 1. The van der Waals surface area contributed by atoms with E-state index >= 15 is 0 Å². The fourth-order valence-electron chi connectivity index (χ4n) is 1.84. The van der Waals surface area contributed by atoms with Crippen LogP contribution in [0.4, 0.5) is 0 Å². The maximum Gasteiger partial charge on any atom is 0.119 e. The van der Waals surface area contributed by atoms with Crippen LogP contribution in [-0.2, 0) is 19.5 Å². The van der Waals surface area contributed by atoms with Gasteiger partial charge in [0.2, 0.25) is 0 Å². The zero-order chi connectivity index (χ0) is 13.5. The van der Waals surface area contributed by atoms with Crippen LogP contribution in [0.5, 0.6) is 5.75 Å². The fraction of sp³-hybridized carbons (Fsp3) is 0.400. The van der Waals surface area contributed by atoms with E-state index in [0.29, 0.717) is 6.61 Å². The number of ether oxygens (including phenoxy) is 1. The molecule has 0 aliphatic carbocycles. The Kier molecular flexibility index (Phi) is 5.36. The molecule has 2 aromatic rings. The number of benzene rings is 1. The Morgan fingerprint density at radius 2 is 2.16 bits per heavy atom. The smallest absolute Gasteiger partial charge is 0.119 e. The van der Waals surface area contributed by atoms with Crippen LogP contribution >= 0.6 is 11.3 Å². The van der Waals surface area contributed by atoms with Crippen molar-refractivity contribution in [3.05, 3.63) is 45.9 Å². The summed E-state index contributed by atoms with van der Waals surface area (Å²) in [6.07, 6.45) is 1.01. The van der Waals surface area contributed by atoms with Crippen LogP contribution in [0.25, 0.3) is 0 Å². The molecule has 0 aliphatic heterocycles. The van der Waals surface area contributed by atoms with E-state index in [4.69, 9.17) is 4.74 Å². The van der Waals surface area contributed by atoms with E-state index in [0.717, 1.165) is 31.0 Å². The first-order valence-electron chi connectivity index (χ1n) is 6.67. The Morgan fingerprint density at radius 3 is 2.89 bits per heavy atom. The molecule has 0 bridgehead atoms. The number of hydrogen-bond donors (Lipinski definition) is 1. The number of aromatic nitrogens is 1. The van der Waals surface area contributed by atoms with Gasteiger partial charge < -0.3 is 10.1 Å². The van der Waals surface area contributed by atoms with Gasteiger partial charge in [0, 0.05) is 18.5 Å². The van der Waals surface area contributed by atoms with Crippen molar-refractivity contribution in [3.63, 3.8) is 0 Å². The molecule has 0 radical (unpaired) electrons. The van der Waals surface area contributed by atoms with Crippen LogP contribution in [0.2, 0.25) is 0 Å². The summed E-state index contributed by atoms with van der Waals surface area (Å²) in [5.74, 6) is 0.934. The Morgan fingerprint density at radius 1 is 1.26 bits per heavy atom. The predicted molar refractivity (Wildman–Crippen MR) is 79.6 cm³/mol. The minimum absolute atomic E-state index is 0.704. The Hall–Kier alpha value is -1.39. The highest BCUT2D eigenvalue weighted by atomic mass is 32.1. The molecule has 3 nitrogen and oxygen atoms in total. The molecule has 0 unspecified atom stereocenters. The lowest BCUT2D eigenvalue weighted by atomic mass is 10.2. The third kappa shape index (κ3) is 4.33. The first-order chi connectivity index (χ1) is 9.31. The molecule has 19 heavy (non-hydrogen) atoms. The zero-order valence-electron chi connectivity index (χ0n) is 11.5. The average molecular weight is 276 g/mol. The van der Waals surface area contributed by atoms with Gasteiger partial charge in [-0.2, -0.15) is 0 Å². The molecule has 1 aromatic heterocycles. The third-order valence-electron chi connectivity index (χ3n) is 2.75. The van der Waals surface area contributed by atoms with Gasteiger partial charge in [-0.3, -0.25) is 0 Å². The summed E-state index contributed by atoms with van der Waals surface area (Å²) >= 11 is 1.73. The molecule has 0 amide bonds. The van der Waals surface area contributed by atoms with Crippen LogP contribution in [0, 0.1) is 0 Å². The van der Waals surface area contributed by atoms with Crippen molar-refractivity contribution in [2.45, 2.75) is 33.4 Å². The molecule has 2 rings (SSSR count). The minimum Gasteiger partial charge on any atom is -0.494 e. The van der Waals surface area contributed by atoms with Crippen LogP contribution in [0.3, 0.4) is 0 Å². The molecule has 1 aromatic carbocycles. The summed E-state index contributed by atoms with van der Waals surface area (Å²) in [6.45, 7) is 6.48. The average Bonchev–Trinajstić information content (AvgIpc) is 2.88. The second kappa shape index (κ2) is 7.26. The van der Waals surface area contributed by atoms with E-state index in [1.165, 1.54) is 10.6 Å². The standard InChI is InChI=1S/C15H20N2OS/c1-3-15-17-13(11-19-15)10-16-9-12-6-5-7-14(8-12)18-4-2/h5-8,11,16H,3-4,9-10H2,1-2H3. The lowest BCUT2D eigenvalue weighted by Gasteiger charge is -2.06. The second-order valence-corrected chi connectivity index (χ2v) is 5.21. The van der Waals surface area contributed by atoms with Gasteiger partial charge in [-0.1, -0.05) is 19.1 Å². The molecule has 0 atom stereocenters. The quantitative estimate of drug-likeness (QED) is 0.841. The molecule has 0 aliphatic rings. The maximum atomic E-state index is 5.49. The number of thiazole rings is 1. The van der Waals surface area contributed by atoms with Crippen molar-refractivity contribution in [3.8, 4) is 5.75 Å². The normalized spacial score (nSPS) is 10.6. The van der Waals surface area contributed by atoms with Crippen molar-refractivity contribution < 1.29 is 4.74 Å². The Bertz CT molecular complexity index is 510. The van der Waals surface area contributed by atoms with Gasteiger partial charge in [0.25, 0.3) is 0 Å². The van der Waals surface area contributed by atoms with E-state index in [1.807, 2.05) is 19.1 Å². The molecule has 4 heteroatoms. The minimum atomic E-state index is 0.704. The van der Waals surface area contributed by atoms with E-state index in [2.05, 4.69) is 34.7 Å². The molecule has 1 N–H and O–H groups in total. The van der Waals surface area contributed by atoms with Crippen molar-refractivity contribution >= 4 is 11.3 Å². The maximum absolute atomic E-state index is 5.49. The first kappa shape index (κ1) is 14.0. The molecular formula is C15H20N2OS. The monoisotopic (exact) mass is 276 g/mol. The lowest BCUT2D eigenvalue weighted by molar-refractivity contribution is 0.340. The number of nitrogens with zero attached hydrogens (tertiary/aromatic N) is 1. The highest BCUT2D eigenvalue weighted by Crippen LogP contribution is 2.14. The molecule has 102 valence electrons. The molecule has 0 saturated carbocycles. The lowest BCUT2D eigenvalue weighted by Crippen LogP contribution is -2.13. The van der Waals surface area contributed by atoms with Crippen LogP contribution in [0.1, 0.15) is 30.1 Å². The molecule has 0 saturated heterocycles. The summed E-state index contributed by atoms with van der Waals surface area (Å²) in [7, 11) is 0. The van der Waals surface area contributed by atoms with Gasteiger partial charge in [0.05, 0.1) is 17.3 Å². The van der Waals surface area contributed by atoms with Gasteiger partial charge >= 0.3 is 0 Å². The van der Waals surface area contributed by atoms with Gasteiger partial charge in [0.15, 0.2) is 0 Å². The number of nitrogens with one attached hydrogen (secondary N) is 1. The van der Waals surface area contributed by atoms with E-state index < -0.39 is 0 Å². The van der Waals surface area contributed by atoms with Crippen molar-refractivity contribution in [1.29, 1.82) is 0 Å². The summed E-state index contributed by atoms with van der Waals surface area (Å²) < 4.78 is 5.49. The SMILES string of the molecule is CCOc1cccc(CNCc2csc(CC)n2)c1. The topological polar surface area (TPSA) is 34.1 Å². The largest absolute Gasteiger partial charge is 0.494 e. The molecule has 0 spiro atoms. The summed E-state index contributed by atoms with van der Waals surface area (Å²) in [4.78, 5) is 4.54. The van der Waals surface area contributed by atoms with Crippen LogP contribution in [-0.4, -0.2) is 11.6 Å². The highest BCUT2D eigenvalue weighted by Gasteiger charge is 2.00. The summed E-state index contributed by atoms with van der Waals surface area (Å²) in [6, 6.07) is 8.20. The molecule has 1 heterocycles. The predicted octanol–water partition coefficient (Wildman–Crippen LogP) is 3.39. The van der Waals surface area contributed by atoms with E-state index in [1.54, 1.807) is 11.3 Å². The Labute approximate surface area is 118 Å². The highest BCUT2D eigenvalue weighted by molar-refractivity contribution is 7.09. The summed E-state index contributed by atoms with van der Waals surface area (Å²) in [5, 5.41) is 6.74. The van der Waals surface area contributed by atoms with Crippen molar-refractivity contribution in [2.24, 2.45) is 0 Å². The van der Waals surface area contributed by atoms with Gasteiger partial charge in [-0.15, -0.1) is 11.3 Å². The van der Waals surface area contributed by atoms with Crippen molar-refractivity contribution in [1.82, 2.24) is 10.3 Å².